The van der Waals surface area contributed by atoms with Gasteiger partial charge in [-0.05, 0) is 25.9 Å². The lowest BCUT2D eigenvalue weighted by atomic mass is 9.90. The molecule has 0 aromatic heterocycles. The Morgan fingerprint density at radius 2 is 2.00 bits per heavy atom. The Morgan fingerprint density at radius 3 is 2.47 bits per heavy atom. The van der Waals surface area contributed by atoms with E-state index in [4.69, 9.17) is 0 Å². The summed E-state index contributed by atoms with van der Waals surface area (Å²) in [5, 5.41) is 2.90. The highest BCUT2D eigenvalue weighted by Gasteiger charge is 2.14. The zero-order valence-corrected chi connectivity index (χ0v) is 10.6. The lowest BCUT2D eigenvalue weighted by Gasteiger charge is -2.22. The first kappa shape index (κ1) is 14.2. The highest BCUT2D eigenvalue weighted by atomic mass is 16.1. The van der Waals surface area contributed by atoms with Crippen LogP contribution in [0.5, 0.6) is 0 Å². The van der Waals surface area contributed by atoms with Crippen LogP contribution in [-0.4, -0.2) is 38.0 Å². The van der Waals surface area contributed by atoms with Crippen LogP contribution < -0.4 is 5.32 Å². The van der Waals surface area contributed by atoms with Gasteiger partial charge >= 0.3 is 0 Å². The van der Waals surface area contributed by atoms with E-state index in [9.17, 15) is 4.79 Å². The lowest BCUT2D eigenvalue weighted by Crippen LogP contribution is -2.32. The van der Waals surface area contributed by atoms with Crippen LogP contribution in [-0.2, 0) is 4.79 Å². The largest absolute Gasteiger partial charge is 0.352 e. The molecule has 0 aliphatic heterocycles. The molecule has 0 radical (unpaired) electrons. The molecule has 0 bridgehead atoms. The SMILES string of the molecule is CCC(C)(C)CNC(=O)/C=C/CN(C)C. The van der Waals surface area contributed by atoms with Crippen molar-refractivity contribution in [2.45, 2.75) is 27.2 Å². The van der Waals surface area contributed by atoms with Crippen molar-refractivity contribution in [2.75, 3.05) is 27.2 Å². The third-order valence-electron chi connectivity index (χ3n) is 2.44. The van der Waals surface area contributed by atoms with Gasteiger partial charge in [-0.3, -0.25) is 4.79 Å². The minimum atomic E-state index is -0.00150. The number of hydrogen-bond donors (Lipinski definition) is 1. The van der Waals surface area contributed by atoms with Crippen LogP contribution >= 0.6 is 0 Å². The van der Waals surface area contributed by atoms with Gasteiger partial charge in [-0.15, -0.1) is 0 Å². The smallest absolute Gasteiger partial charge is 0.243 e. The average molecular weight is 212 g/mol. The first-order valence-corrected chi connectivity index (χ1v) is 5.46. The summed E-state index contributed by atoms with van der Waals surface area (Å²) < 4.78 is 0. The van der Waals surface area contributed by atoms with Crippen molar-refractivity contribution in [3.8, 4) is 0 Å². The van der Waals surface area contributed by atoms with Crippen LogP contribution in [0.3, 0.4) is 0 Å². The maximum absolute atomic E-state index is 11.4. The number of carbonyl (C=O) groups excluding carboxylic acids is 1. The second kappa shape index (κ2) is 6.62. The second-order valence-corrected chi connectivity index (χ2v) is 4.90. The van der Waals surface area contributed by atoms with Crippen molar-refractivity contribution in [3.63, 3.8) is 0 Å². The Hall–Kier alpha value is -0.830. The molecule has 0 aliphatic rings. The van der Waals surface area contributed by atoms with Gasteiger partial charge in [0, 0.05) is 19.2 Å². The normalized spacial score (nSPS) is 12.4. The fourth-order valence-electron chi connectivity index (χ4n) is 0.881. The van der Waals surface area contributed by atoms with Gasteiger partial charge in [0.05, 0.1) is 0 Å². The van der Waals surface area contributed by atoms with E-state index in [0.29, 0.717) is 0 Å². The van der Waals surface area contributed by atoms with Crippen LogP contribution in [0.15, 0.2) is 12.2 Å². The number of carbonyl (C=O) groups is 1. The molecule has 0 spiro atoms. The Kier molecular flexibility index (Phi) is 6.25. The maximum atomic E-state index is 11.4. The van der Waals surface area contributed by atoms with Crippen molar-refractivity contribution >= 4 is 5.91 Å². The van der Waals surface area contributed by atoms with Crippen molar-refractivity contribution in [2.24, 2.45) is 5.41 Å². The molecule has 15 heavy (non-hydrogen) atoms. The summed E-state index contributed by atoms with van der Waals surface area (Å²) in [4.78, 5) is 13.4. The molecule has 1 N–H and O–H groups in total. The van der Waals surface area contributed by atoms with Gasteiger partial charge in [0.25, 0.3) is 0 Å². The molecule has 0 heterocycles. The maximum Gasteiger partial charge on any atom is 0.243 e. The van der Waals surface area contributed by atoms with Gasteiger partial charge in [-0.2, -0.15) is 0 Å². The van der Waals surface area contributed by atoms with Crippen LogP contribution in [0.4, 0.5) is 0 Å². The van der Waals surface area contributed by atoms with Crippen LogP contribution in [0.1, 0.15) is 27.2 Å². The first-order chi connectivity index (χ1) is 6.87. The fraction of sp³-hybridized carbons (Fsp3) is 0.750. The van der Waals surface area contributed by atoms with Gasteiger partial charge in [-0.25, -0.2) is 0 Å². The summed E-state index contributed by atoms with van der Waals surface area (Å²) in [5.41, 5.74) is 0.186. The number of likely N-dealkylation sites (N-methyl/N-ethyl adjacent to an activating group) is 1. The molecule has 0 aromatic rings. The Morgan fingerprint density at radius 1 is 1.40 bits per heavy atom. The Labute approximate surface area is 93.5 Å². The summed E-state index contributed by atoms with van der Waals surface area (Å²) in [5.74, 6) is -0.00150. The minimum Gasteiger partial charge on any atom is -0.352 e. The number of nitrogens with zero attached hydrogens (tertiary/aromatic N) is 1. The van der Waals surface area contributed by atoms with Crippen molar-refractivity contribution in [3.05, 3.63) is 12.2 Å². The molecule has 88 valence electrons. The number of amides is 1. The molecule has 0 atom stereocenters. The summed E-state index contributed by atoms with van der Waals surface area (Å²) in [7, 11) is 3.95. The number of hydrogen-bond acceptors (Lipinski definition) is 2. The molecule has 0 fully saturated rings. The van der Waals surface area contributed by atoms with E-state index in [0.717, 1.165) is 19.5 Å². The van der Waals surface area contributed by atoms with Crippen molar-refractivity contribution in [1.82, 2.24) is 10.2 Å². The minimum absolute atomic E-state index is 0.00150. The van der Waals surface area contributed by atoms with Gasteiger partial charge in [-0.1, -0.05) is 26.8 Å². The van der Waals surface area contributed by atoms with E-state index in [1.165, 1.54) is 0 Å². The molecule has 3 heteroatoms. The fourth-order valence-corrected chi connectivity index (χ4v) is 0.881. The van der Waals surface area contributed by atoms with Gasteiger partial charge < -0.3 is 10.2 Å². The molecule has 3 nitrogen and oxygen atoms in total. The molecule has 0 aromatic carbocycles. The second-order valence-electron chi connectivity index (χ2n) is 4.90. The summed E-state index contributed by atoms with van der Waals surface area (Å²) in [6, 6.07) is 0. The van der Waals surface area contributed by atoms with E-state index >= 15 is 0 Å². The van der Waals surface area contributed by atoms with E-state index in [1.807, 2.05) is 25.1 Å². The zero-order chi connectivity index (χ0) is 11.9. The third-order valence-corrected chi connectivity index (χ3v) is 2.44. The summed E-state index contributed by atoms with van der Waals surface area (Å²) in [6.45, 7) is 7.96. The molecular formula is C12H24N2O. The van der Waals surface area contributed by atoms with Gasteiger partial charge in [0.1, 0.15) is 0 Å². The predicted molar refractivity (Wildman–Crippen MR) is 64.8 cm³/mol. The van der Waals surface area contributed by atoms with Crippen LogP contribution in [0, 0.1) is 5.41 Å². The van der Waals surface area contributed by atoms with E-state index in [2.05, 4.69) is 26.1 Å². The quantitative estimate of drug-likeness (QED) is 0.679. The Bertz CT molecular complexity index is 220. The monoisotopic (exact) mass is 212 g/mol. The molecular weight excluding hydrogens is 188 g/mol. The average Bonchev–Trinajstić information content (AvgIpc) is 2.14. The number of rotatable bonds is 6. The standard InChI is InChI=1S/C12H24N2O/c1-6-12(2,3)10-13-11(15)8-7-9-14(4)5/h7-8H,6,9-10H2,1-5H3,(H,13,15)/b8-7+. The van der Waals surface area contributed by atoms with Gasteiger partial charge in [0.2, 0.25) is 5.91 Å². The first-order valence-electron chi connectivity index (χ1n) is 5.46. The highest BCUT2D eigenvalue weighted by molar-refractivity contribution is 5.87. The van der Waals surface area contributed by atoms with Gasteiger partial charge in [0.15, 0.2) is 0 Å². The lowest BCUT2D eigenvalue weighted by molar-refractivity contribution is -0.116. The third kappa shape index (κ3) is 8.18. The van der Waals surface area contributed by atoms with E-state index < -0.39 is 0 Å². The molecule has 0 unspecified atom stereocenters. The summed E-state index contributed by atoms with van der Waals surface area (Å²) in [6.07, 6.45) is 4.54. The zero-order valence-electron chi connectivity index (χ0n) is 10.6. The summed E-state index contributed by atoms with van der Waals surface area (Å²) >= 11 is 0. The predicted octanol–water partition coefficient (Wildman–Crippen LogP) is 1.66. The van der Waals surface area contributed by atoms with Crippen LogP contribution in [0.2, 0.25) is 0 Å². The topological polar surface area (TPSA) is 32.3 Å². The van der Waals surface area contributed by atoms with Crippen molar-refractivity contribution in [1.29, 1.82) is 0 Å². The molecule has 0 saturated heterocycles. The molecule has 0 rings (SSSR count). The Balaban J connectivity index is 3.80. The highest BCUT2D eigenvalue weighted by Crippen LogP contribution is 2.17. The van der Waals surface area contributed by atoms with Crippen molar-refractivity contribution < 1.29 is 4.79 Å². The van der Waals surface area contributed by atoms with E-state index in [1.54, 1.807) is 6.08 Å². The van der Waals surface area contributed by atoms with Crippen LogP contribution in [0.25, 0.3) is 0 Å². The number of nitrogens with one attached hydrogen (secondary N) is 1. The molecule has 1 amide bonds. The van der Waals surface area contributed by atoms with E-state index in [-0.39, 0.29) is 11.3 Å². The molecule has 0 aliphatic carbocycles. The molecule has 0 saturated carbocycles.